The summed E-state index contributed by atoms with van der Waals surface area (Å²) in [7, 11) is 0. The van der Waals surface area contributed by atoms with E-state index in [-0.39, 0.29) is 11.9 Å². The highest BCUT2D eigenvalue weighted by atomic mass is 16.5. The molecule has 2 rings (SSSR count). The SMILES string of the molecule is CCCCCCOc1ccc(N2CC(N)CC2=O)cc1. The number of hydrogen-bond acceptors (Lipinski definition) is 3. The molecule has 1 atom stereocenters. The van der Waals surface area contributed by atoms with Crippen molar-refractivity contribution in [3.63, 3.8) is 0 Å². The van der Waals surface area contributed by atoms with Crippen LogP contribution in [-0.2, 0) is 4.79 Å². The normalized spacial score (nSPS) is 18.6. The number of carbonyl (C=O) groups excluding carboxylic acids is 1. The quantitative estimate of drug-likeness (QED) is 0.779. The molecular formula is C16H24N2O2. The summed E-state index contributed by atoms with van der Waals surface area (Å²) in [5, 5.41) is 0. The van der Waals surface area contributed by atoms with E-state index in [0.717, 1.165) is 24.5 Å². The zero-order chi connectivity index (χ0) is 14.4. The zero-order valence-corrected chi connectivity index (χ0v) is 12.2. The van der Waals surface area contributed by atoms with E-state index in [1.54, 1.807) is 4.90 Å². The lowest BCUT2D eigenvalue weighted by Gasteiger charge is -2.16. The summed E-state index contributed by atoms with van der Waals surface area (Å²) in [5.41, 5.74) is 6.71. The molecule has 4 nitrogen and oxygen atoms in total. The van der Waals surface area contributed by atoms with Crippen molar-refractivity contribution in [3.05, 3.63) is 24.3 Å². The Morgan fingerprint density at radius 3 is 2.60 bits per heavy atom. The molecule has 0 radical (unpaired) electrons. The van der Waals surface area contributed by atoms with Gasteiger partial charge in [0.1, 0.15) is 5.75 Å². The highest BCUT2D eigenvalue weighted by molar-refractivity contribution is 5.96. The Kier molecular flexibility index (Phi) is 5.41. The third kappa shape index (κ3) is 3.97. The lowest BCUT2D eigenvalue weighted by molar-refractivity contribution is -0.117. The molecule has 1 aliphatic heterocycles. The highest BCUT2D eigenvalue weighted by Gasteiger charge is 2.27. The van der Waals surface area contributed by atoms with E-state index in [9.17, 15) is 4.79 Å². The number of hydrogen-bond donors (Lipinski definition) is 1. The second kappa shape index (κ2) is 7.29. The van der Waals surface area contributed by atoms with Gasteiger partial charge >= 0.3 is 0 Å². The van der Waals surface area contributed by atoms with Crippen LogP contribution in [-0.4, -0.2) is 25.1 Å². The first-order chi connectivity index (χ1) is 9.70. The fraction of sp³-hybridized carbons (Fsp3) is 0.562. The number of carbonyl (C=O) groups is 1. The molecule has 20 heavy (non-hydrogen) atoms. The maximum absolute atomic E-state index is 11.8. The molecule has 1 aliphatic rings. The van der Waals surface area contributed by atoms with Crippen LogP contribution >= 0.6 is 0 Å². The largest absolute Gasteiger partial charge is 0.494 e. The summed E-state index contributed by atoms with van der Waals surface area (Å²) < 4.78 is 5.69. The fourth-order valence-corrected chi connectivity index (χ4v) is 2.43. The van der Waals surface area contributed by atoms with Crippen LogP contribution in [0.5, 0.6) is 5.75 Å². The Balaban J connectivity index is 1.82. The molecule has 1 aromatic rings. The van der Waals surface area contributed by atoms with E-state index in [0.29, 0.717) is 13.0 Å². The van der Waals surface area contributed by atoms with Gasteiger partial charge in [0.15, 0.2) is 0 Å². The fourth-order valence-electron chi connectivity index (χ4n) is 2.43. The molecule has 0 aliphatic carbocycles. The van der Waals surface area contributed by atoms with Crippen molar-refractivity contribution >= 4 is 11.6 Å². The lowest BCUT2D eigenvalue weighted by Crippen LogP contribution is -2.27. The van der Waals surface area contributed by atoms with Gasteiger partial charge in [-0.25, -0.2) is 0 Å². The van der Waals surface area contributed by atoms with E-state index in [1.807, 2.05) is 24.3 Å². The van der Waals surface area contributed by atoms with Crippen LogP contribution < -0.4 is 15.4 Å². The zero-order valence-electron chi connectivity index (χ0n) is 12.2. The van der Waals surface area contributed by atoms with E-state index in [4.69, 9.17) is 10.5 Å². The van der Waals surface area contributed by atoms with Gasteiger partial charge in [-0.15, -0.1) is 0 Å². The van der Waals surface area contributed by atoms with Crippen molar-refractivity contribution < 1.29 is 9.53 Å². The van der Waals surface area contributed by atoms with Crippen LogP contribution in [0.2, 0.25) is 0 Å². The Hall–Kier alpha value is -1.55. The predicted octanol–water partition coefficient (Wildman–Crippen LogP) is 2.71. The average Bonchev–Trinajstić information content (AvgIpc) is 2.78. The number of rotatable bonds is 7. The smallest absolute Gasteiger partial charge is 0.228 e. The van der Waals surface area contributed by atoms with Crippen molar-refractivity contribution in [2.45, 2.75) is 45.1 Å². The van der Waals surface area contributed by atoms with E-state index >= 15 is 0 Å². The van der Waals surface area contributed by atoms with Crippen molar-refractivity contribution in [1.29, 1.82) is 0 Å². The number of nitrogens with two attached hydrogens (primary N) is 1. The molecule has 0 spiro atoms. The average molecular weight is 276 g/mol. The van der Waals surface area contributed by atoms with Crippen molar-refractivity contribution in [2.75, 3.05) is 18.1 Å². The number of benzene rings is 1. The maximum Gasteiger partial charge on any atom is 0.228 e. The Morgan fingerprint density at radius 1 is 1.25 bits per heavy atom. The van der Waals surface area contributed by atoms with Crippen molar-refractivity contribution in [1.82, 2.24) is 0 Å². The van der Waals surface area contributed by atoms with E-state index in [2.05, 4.69) is 6.92 Å². The van der Waals surface area contributed by atoms with Crippen molar-refractivity contribution in [3.8, 4) is 5.75 Å². The molecule has 0 bridgehead atoms. The van der Waals surface area contributed by atoms with Gasteiger partial charge in [0.2, 0.25) is 5.91 Å². The second-order valence-corrected chi connectivity index (χ2v) is 5.37. The van der Waals surface area contributed by atoms with Gasteiger partial charge in [0.05, 0.1) is 6.61 Å². The summed E-state index contributed by atoms with van der Waals surface area (Å²) in [5.74, 6) is 0.965. The standard InChI is InChI=1S/C16H24N2O2/c1-2-3-4-5-10-20-15-8-6-14(7-9-15)18-12-13(17)11-16(18)19/h6-9,13H,2-5,10-12,17H2,1H3. The number of nitrogens with zero attached hydrogens (tertiary/aromatic N) is 1. The topological polar surface area (TPSA) is 55.6 Å². The minimum Gasteiger partial charge on any atom is -0.494 e. The Morgan fingerprint density at radius 2 is 2.00 bits per heavy atom. The minimum atomic E-state index is -0.0445. The van der Waals surface area contributed by atoms with Gasteiger partial charge in [0, 0.05) is 24.7 Å². The van der Waals surface area contributed by atoms with E-state index < -0.39 is 0 Å². The van der Waals surface area contributed by atoms with E-state index in [1.165, 1.54) is 19.3 Å². The molecule has 1 heterocycles. The second-order valence-electron chi connectivity index (χ2n) is 5.37. The molecule has 110 valence electrons. The highest BCUT2D eigenvalue weighted by Crippen LogP contribution is 2.23. The van der Waals surface area contributed by atoms with Gasteiger partial charge in [-0.05, 0) is 30.7 Å². The molecule has 1 fully saturated rings. The molecule has 2 N–H and O–H groups in total. The molecule has 1 saturated heterocycles. The Labute approximate surface area is 120 Å². The number of anilines is 1. The molecule has 1 aromatic carbocycles. The van der Waals surface area contributed by atoms with Gasteiger partial charge in [-0.3, -0.25) is 4.79 Å². The van der Waals surface area contributed by atoms with Gasteiger partial charge in [0.25, 0.3) is 0 Å². The van der Waals surface area contributed by atoms with Gasteiger partial charge in [-0.1, -0.05) is 26.2 Å². The predicted molar refractivity (Wildman–Crippen MR) is 81.0 cm³/mol. The first-order valence-electron chi connectivity index (χ1n) is 7.49. The molecule has 1 amide bonds. The molecule has 4 heteroatoms. The molecular weight excluding hydrogens is 252 g/mol. The first-order valence-corrected chi connectivity index (χ1v) is 7.49. The van der Waals surface area contributed by atoms with Crippen LogP contribution in [0.15, 0.2) is 24.3 Å². The van der Waals surface area contributed by atoms with Gasteiger partial charge in [-0.2, -0.15) is 0 Å². The van der Waals surface area contributed by atoms with Crippen LogP contribution in [0.25, 0.3) is 0 Å². The van der Waals surface area contributed by atoms with Crippen molar-refractivity contribution in [2.24, 2.45) is 5.73 Å². The molecule has 0 saturated carbocycles. The Bertz CT molecular complexity index is 431. The van der Waals surface area contributed by atoms with Gasteiger partial charge < -0.3 is 15.4 Å². The third-order valence-electron chi connectivity index (χ3n) is 3.57. The lowest BCUT2D eigenvalue weighted by atomic mass is 10.2. The molecule has 0 aromatic heterocycles. The molecule has 1 unspecified atom stereocenters. The van der Waals surface area contributed by atoms with Crippen LogP contribution in [0, 0.1) is 0 Å². The number of amides is 1. The summed E-state index contributed by atoms with van der Waals surface area (Å²) in [6.45, 7) is 3.56. The van der Waals surface area contributed by atoms with Crippen LogP contribution in [0.3, 0.4) is 0 Å². The minimum absolute atomic E-state index is 0.0445. The summed E-state index contributed by atoms with van der Waals surface area (Å²) >= 11 is 0. The first kappa shape index (κ1) is 14.9. The number of unbranched alkanes of at least 4 members (excludes halogenated alkanes) is 3. The summed E-state index contributed by atoms with van der Waals surface area (Å²) in [4.78, 5) is 13.5. The maximum atomic E-state index is 11.8. The van der Waals surface area contributed by atoms with Crippen LogP contribution in [0.1, 0.15) is 39.0 Å². The summed E-state index contributed by atoms with van der Waals surface area (Å²) in [6.07, 6.45) is 5.25. The number of ether oxygens (including phenoxy) is 1. The third-order valence-corrected chi connectivity index (χ3v) is 3.57. The monoisotopic (exact) mass is 276 g/mol. The van der Waals surface area contributed by atoms with Crippen LogP contribution in [0.4, 0.5) is 5.69 Å². The summed E-state index contributed by atoms with van der Waals surface area (Å²) in [6, 6.07) is 7.66.